The maximum absolute atomic E-state index is 11.1. The molecular formula is C12H13N3O2S. The van der Waals surface area contributed by atoms with Gasteiger partial charge in [-0.3, -0.25) is 0 Å². The lowest BCUT2D eigenvalue weighted by molar-refractivity contribution is -0.139. The summed E-state index contributed by atoms with van der Waals surface area (Å²) in [6.07, 6.45) is 2.12. The molecule has 0 aliphatic carbocycles. The van der Waals surface area contributed by atoms with Gasteiger partial charge in [0.15, 0.2) is 5.11 Å². The molecule has 2 aromatic rings. The average Bonchev–Trinajstić information content (AvgIpc) is 2.71. The van der Waals surface area contributed by atoms with Crippen LogP contribution in [0.5, 0.6) is 0 Å². The molecule has 1 aromatic heterocycles. The standard InChI is InChI=1S/C12H13N3O2S/c13-12(18)15-10(11(16)17)5-7-6-14-9-4-2-1-3-8(7)9/h1-4,6,10,14H,5H2,(H,16,17)(H3,13,15,18)/t10-/m0/s1. The molecule has 0 saturated carbocycles. The first-order valence-electron chi connectivity index (χ1n) is 5.41. The van der Waals surface area contributed by atoms with E-state index in [1.807, 2.05) is 30.5 Å². The molecule has 6 heteroatoms. The molecule has 5 N–H and O–H groups in total. The number of carboxylic acids is 1. The average molecular weight is 263 g/mol. The van der Waals surface area contributed by atoms with Crippen LogP contribution in [0.25, 0.3) is 10.9 Å². The number of thiocarbonyl (C=S) groups is 1. The molecule has 0 bridgehead atoms. The van der Waals surface area contributed by atoms with Gasteiger partial charge in [-0.15, -0.1) is 0 Å². The fourth-order valence-electron chi connectivity index (χ4n) is 1.89. The highest BCUT2D eigenvalue weighted by atomic mass is 32.1. The number of carbonyl (C=O) groups is 1. The predicted molar refractivity (Wildman–Crippen MR) is 73.3 cm³/mol. The Bertz CT molecular complexity index is 594. The maximum atomic E-state index is 11.1. The zero-order valence-corrected chi connectivity index (χ0v) is 10.3. The van der Waals surface area contributed by atoms with E-state index in [-0.39, 0.29) is 5.11 Å². The summed E-state index contributed by atoms with van der Waals surface area (Å²) in [7, 11) is 0. The van der Waals surface area contributed by atoms with Crippen LogP contribution in [-0.4, -0.2) is 27.2 Å². The molecule has 0 saturated heterocycles. The summed E-state index contributed by atoms with van der Waals surface area (Å²) in [5.41, 5.74) is 7.22. The summed E-state index contributed by atoms with van der Waals surface area (Å²) in [5, 5.41) is 12.7. The van der Waals surface area contributed by atoms with Gasteiger partial charge in [0, 0.05) is 23.5 Å². The molecule has 94 valence electrons. The second-order valence-electron chi connectivity index (χ2n) is 3.96. The highest BCUT2D eigenvalue weighted by Crippen LogP contribution is 2.19. The SMILES string of the molecule is NC(=S)N[C@@H](Cc1c[nH]c2ccccc12)C(=O)O. The first kappa shape index (κ1) is 12.4. The molecule has 0 fully saturated rings. The Labute approximate surface area is 109 Å². The van der Waals surface area contributed by atoms with Crippen molar-refractivity contribution in [2.24, 2.45) is 5.73 Å². The number of aromatic nitrogens is 1. The molecule has 1 heterocycles. The summed E-state index contributed by atoms with van der Waals surface area (Å²) in [6.45, 7) is 0. The molecule has 0 amide bonds. The highest BCUT2D eigenvalue weighted by molar-refractivity contribution is 7.80. The van der Waals surface area contributed by atoms with Gasteiger partial charge < -0.3 is 21.1 Å². The van der Waals surface area contributed by atoms with E-state index in [2.05, 4.69) is 22.5 Å². The van der Waals surface area contributed by atoms with Gasteiger partial charge in [-0.1, -0.05) is 18.2 Å². The van der Waals surface area contributed by atoms with E-state index < -0.39 is 12.0 Å². The predicted octanol–water partition coefficient (Wildman–Crippen LogP) is 0.997. The van der Waals surface area contributed by atoms with Crippen molar-refractivity contribution in [2.45, 2.75) is 12.5 Å². The van der Waals surface area contributed by atoms with Crippen molar-refractivity contribution in [1.29, 1.82) is 0 Å². The normalized spacial score (nSPS) is 12.2. The number of nitrogens with one attached hydrogen (secondary N) is 2. The Morgan fingerprint density at radius 2 is 2.22 bits per heavy atom. The number of rotatable bonds is 4. The van der Waals surface area contributed by atoms with Gasteiger partial charge in [-0.05, 0) is 23.8 Å². The number of aromatic amines is 1. The van der Waals surface area contributed by atoms with Crippen LogP contribution in [0.3, 0.4) is 0 Å². The van der Waals surface area contributed by atoms with Gasteiger partial charge in [-0.25, -0.2) is 4.79 Å². The molecule has 18 heavy (non-hydrogen) atoms. The highest BCUT2D eigenvalue weighted by Gasteiger charge is 2.19. The first-order valence-corrected chi connectivity index (χ1v) is 5.82. The minimum Gasteiger partial charge on any atom is -0.480 e. The number of fused-ring (bicyclic) bond motifs is 1. The van der Waals surface area contributed by atoms with Crippen molar-refractivity contribution in [1.82, 2.24) is 10.3 Å². The van der Waals surface area contributed by atoms with Crippen molar-refractivity contribution in [3.8, 4) is 0 Å². The minimum absolute atomic E-state index is 0.0118. The van der Waals surface area contributed by atoms with Crippen LogP contribution in [0.1, 0.15) is 5.56 Å². The number of para-hydroxylation sites is 1. The van der Waals surface area contributed by atoms with E-state index >= 15 is 0 Å². The lowest BCUT2D eigenvalue weighted by Gasteiger charge is -2.13. The monoisotopic (exact) mass is 263 g/mol. The quantitative estimate of drug-likeness (QED) is 0.618. The van der Waals surface area contributed by atoms with Gasteiger partial charge >= 0.3 is 5.97 Å². The molecule has 1 aromatic carbocycles. The summed E-state index contributed by atoms with van der Waals surface area (Å²) in [4.78, 5) is 14.2. The number of hydrogen-bond donors (Lipinski definition) is 4. The van der Waals surface area contributed by atoms with Gasteiger partial charge in [0.05, 0.1) is 0 Å². The molecule has 0 radical (unpaired) electrons. The van der Waals surface area contributed by atoms with Gasteiger partial charge in [0.2, 0.25) is 0 Å². The van der Waals surface area contributed by atoms with E-state index in [9.17, 15) is 4.79 Å². The second kappa shape index (κ2) is 5.05. The van der Waals surface area contributed by atoms with Crippen LogP contribution in [0.2, 0.25) is 0 Å². The summed E-state index contributed by atoms with van der Waals surface area (Å²) < 4.78 is 0. The number of hydrogen-bond acceptors (Lipinski definition) is 2. The number of aliphatic carboxylic acids is 1. The van der Waals surface area contributed by atoms with Gasteiger partial charge in [0.25, 0.3) is 0 Å². The Hall–Kier alpha value is -2.08. The molecule has 0 spiro atoms. The molecule has 2 rings (SSSR count). The fraction of sp³-hybridized carbons (Fsp3) is 0.167. The van der Waals surface area contributed by atoms with E-state index in [0.29, 0.717) is 6.42 Å². The van der Waals surface area contributed by atoms with Crippen molar-refractivity contribution in [3.05, 3.63) is 36.0 Å². The van der Waals surface area contributed by atoms with Crippen molar-refractivity contribution in [3.63, 3.8) is 0 Å². The van der Waals surface area contributed by atoms with E-state index in [4.69, 9.17) is 10.8 Å². The van der Waals surface area contributed by atoms with Crippen molar-refractivity contribution < 1.29 is 9.90 Å². The lowest BCUT2D eigenvalue weighted by Crippen LogP contribution is -2.44. The van der Waals surface area contributed by atoms with Crippen molar-refractivity contribution in [2.75, 3.05) is 0 Å². The smallest absolute Gasteiger partial charge is 0.326 e. The first-order chi connectivity index (χ1) is 8.58. The van der Waals surface area contributed by atoms with Crippen LogP contribution >= 0.6 is 12.2 Å². The number of H-pyrrole nitrogens is 1. The van der Waals surface area contributed by atoms with Crippen LogP contribution in [0.4, 0.5) is 0 Å². The minimum atomic E-state index is -0.979. The van der Waals surface area contributed by atoms with Crippen molar-refractivity contribution >= 4 is 34.2 Å². The third kappa shape index (κ3) is 2.60. The zero-order valence-electron chi connectivity index (χ0n) is 9.51. The summed E-state index contributed by atoms with van der Waals surface area (Å²) in [6, 6.07) is 6.90. The Balaban J connectivity index is 2.26. The maximum Gasteiger partial charge on any atom is 0.326 e. The zero-order chi connectivity index (χ0) is 13.1. The summed E-state index contributed by atoms with van der Waals surface area (Å²) >= 11 is 4.68. The third-order valence-electron chi connectivity index (χ3n) is 2.71. The number of carboxylic acid groups (broad SMARTS) is 1. The second-order valence-corrected chi connectivity index (χ2v) is 4.40. The third-order valence-corrected chi connectivity index (χ3v) is 2.83. The Morgan fingerprint density at radius 1 is 1.50 bits per heavy atom. The lowest BCUT2D eigenvalue weighted by atomic mass is 10.1. The largest absolute Gasteiger partial charge is 0.480 e. The molecule has 1 atom stereocenters. The van der Waals surface area contributed by atoms with E-state index in [1.54, 1.807) is 0 Å². The number of nitrogens with two attached hydrogens (primary N) is 1. The van der Waals surface area contributed by atoms with Crippen LogP contribution in [0, 0.1) is 0 Å². The topological polar surface area (TPSA) is 91.1 Å². The Kier molecular flexibility index (Phi) is 3.47. The van der Waals surface area contributed by atoms with E-state index in [1.165, 1.54) is 0 Å². The Morgan fingerprint density at radius 3 is 2.89 bits per heavy atom. The molecule has 0 aliphatic rings. The molecular weight excluding hydrogens is 250 g/mol. The van der Waals surface area contributed by atoms with Crippen LogP contribution < -0.4 is 11.1 Å². The van der Waals surface area contributed by atoms with Gasteiger partial charge in [0.1, 0.15) is 6.04 Å². The van der Waals surface area contributed by atoms with Gasteiger partial charge in [-0.2, -0.15) is 0 Å². The fourth-order valence-corrected chi connectivity index (χ4v) is 2.03. The molecule has 0 aliphatic heterocycles. The van der Waals surface area contributed by atoms with Crippen LogP contribution in [0.15, 0.2) is 30.5 Å². The van der Waals surface area contributed by atoms with E-state index in [0.717, 1.165) is 16.5 Å². The van der Waals surface area contributed by atoms with Crippen LogP contribution in [-0.2, 0) is 11.2 Å². The summed E-state index contributed by atoms with van der Waals surface area (Å²) in [5.74, 6) is -0.979. The number of benzene rings is 1. The molecule has 0 unspecified atom stereocenters. The molecule has 5 nitrogen and oxygen atoms in total.